The van der Waals surface area contributed by atoms with E-state index in [1.807, 2.05) is 30.5 Å². The third kappa shape index (κ3) is 2.76. The summed E-state index contributed by atoms with van der Waals surface area (Å²) in [5.41, 5.74) is 0. The minimum atomic E-state index is -0.0459. The van der Waals surface area contributed by atoms with Crippen LogP contribution in [0.4, 0.5) is 0 Å². The van der Waals surface area contributed by atoms with Crippen LogP contribution in [0.1, 0.15) is 19.3 Å². The molecule has 1 fully saturated rings. The highest BCUT2D eigenvalue weighted by molar-refractivity contribution is 7.98. The molecule has 0 spiro atoms. The van der Waals surface area contributed by atoms with Gasteiger partial charge >= 0.3 is 0 Å². The van der Waals surface area contributed by atoms with E-state index in [0.29, 0.717) is 0 Å². The standard InChI is InChI=1S/C12H15NO2S/c1-16-12-6-4-10(5-7-12)15-11-3-2-9(8-11)13-14/h4-7,9,11H,2-3,8H2,1H3. The second-order valence-corrected chi connectivity index (χ2v) is 4.87. The van der Waals surface area contributed by atoms with Gasteiger partial charge in [0, 0.05) is 11.3 Å². The molecule has 0 amide bonds. The number of thioether (sulfide) groups is 1. The number of ether oxygens (including phenoxy) is 1. The van der Waals surface area contributed by atoms with Crippen molar-refractivity contribution in [1.82, 2.24) is 0 Å². The van der Waals surface area contributed by atoms with Crippen LogP contribution in [0.5, 0.6) is 5.75 Å². The van der Waals surface area contributed by atoms with Gasteiger partial charge in [-0.05, 0) is 43.4 Å². The van der Waals surface area contributed by atoms with Crippen molar-refractivity contribution in [3.63, 3.8) is 0 Å². The van der Waals surface area contributed by atoms with Crippen LogP contribution in [-0.4, -0.2) is 18.4 Å². The number of benzene rings is 1. The summed E-state index contributed by atoms with van der Waals surface area (Å²) in [6.45, 7) is 0. The Balaban J connectivity index is 1.91. The molecule has 2 atom stereocenters. The highest BCUT2D eigenvalue weighted by Crippen LogP contribution is 2.27. The van der Waals surface area contributed by atoms with E-state index in [-0.39, 0.29) is 12.1 Å². The molecule has 0 N–H and O–H groups in total. The fourth-order valence-electron chi connectivity index (χ4n) is 1.97. The van der Waals surface area contributed by atoms with E-state index in [2.05, 4.69) is 5.18 Å². The van der Waals surface area contributed by atoms with Crippen molar-refractivity contribution in [2.75, 3.05) is 6.26 Å². The lowest BCUT2D eigenvalue weighted by Crippen LogP contribution is -2.12. The second-order valence-electron chi connectivity index (χ2n) is 3.99. The van der Waals surface area contributed by atoms with Gasteiger partial charge in [-0.2, -0.15) is 4.91 Å². The third-order valence-electron chi connectivity index (χ3n) is 2.87. The van der Waals surface area contributed by atoms with Crippen LogP contribution >= 0.6 is 11.8 Å². The molecule has 1 aromatic rings. The molecular formula is C12H15NO2S. The zero-order valence-electron chi connectivity index (χ0n) is 9.26. The Morgan fingerprint density at radius 1 is 1.31 bits per heavy atom. The predicted octanol–water partition coefficient (Wildman–Crippen LogP) is 3.47. The topological polar surface area (TPSA) is 38.7 Å². The van der Waals surface area contributed by atoms with Gasteiger partial charge in [-0.3, -0.25) is 0 Å². The summed E-state index contributed by atoms with van der Waals surface area (Å²) in [6.07, 6.45) is 4.75. The Hall–Kier alpha value is -1.03. The van der Waals surface area contributed by atoms with Gasteiger partial charge in [-0.25, -0.2) is 0 Å². The summed E-state index contributed by atoms with van der Waals surface area (Å²) < 4.78 is 5.80. The van der Waals surface area contributed by atoms with Gasteiger partial charge in [0.1, 0.15) is 11.9 Å². The predicted molar refractivity (Wildman–Crippen MR) is 66.1 cm³/mol. The summed E-state index contributed by atoms with van der Waals surface area (Å²) in [5.74, 6) is 0.884. The number of hydrogen-bond donors (Lipinski definition) is 0. The minimum absolute atomic E-state index is 0.0459. The first kappa shape index (κ1) is 11.5. The van der Waals surface area contributed by atoms with E-state index in [9.17, 15) is 4.91 Å². The minimum Gasteiger partial charge on any atom is -0.490 e. The number of hydrogen-bond acceptors (Lipinski definition) is 4. The summed E-state index contributed by atoms with van der Waals surface area (Å²) in [7, 11) is 0. The lowest BCUT2D eigenvalue weighted by molar-refractivity contribution is 0.208. The maximum Gasteiger partial charge on any atom is 0.119 e. The van der Waals surface area contributed by atoms with Crippen molar-refractivity contribution in [3.05, 3.63) is 29.2 Å². The van der Waals surface area contributed by atoms with E-state index in [4.69, 9.17) is 4.74 Å². The molecule has 0 aliphatic heterocycles. The molecule has 4 heteroatoms. The van der Waals surface area contributed by atoms with Crippen molar-refractivity contribution in [3.8, 4) is 5.75 Å². The molecule has 86 valence electrons. The van der Waals surface area contributed by atoms with E-state index >= 15 is 0 Å². The monoisotopic (exact) mass is 237 g/mol. The SMILES string of the molecule is CSc1ccc(OC2CCC(N=O)C2)cc1. The van der Waals surface area contributed by atoms with Crippen molar-refractivity contribution < 1.29 is 4.74 Å². The Bertz CT molecular complexity index is 353. The van der Waals surface area contributed by atoms with E-state index in [1.165, 1.54) is 4.90 Å². The van der Waals surface area contributed by atoms with Crippen LogP contribution in [0.2, 0.25) is 0 Å². The zero-order chi connectivity index (χ0) is 11.4. The summed E-state index contributed by atoms with van der Waals surface area (Å²) in [6, 6.07) is 8.01. The fourth-order valence-corrected chi connectivity index (χ4v) is 2.38. The number of nitroso groups, excluding NO2 is 1. The smallest absolute Gasteiger partial charge is 0.119 e. The van der Waals surface area contributed by atoms with Crippen LogP contribution in [-0.2, 0) is 0 Å². The lowest BCUT2D eigenvalue weighted by atomic mass is 10.2. The van der Waals surface area contributed by atoms with E-state index in [1.54, 1.807) is 11.8 Å². The molecule has 2 rings (SSSR count). The molecule has 1 aliphatic carbocycles. The maximum atomic E-state index is 10.4. The molecule has 1 saturated carbocycles. The largest absolute Gasteiger partial charge is 0.490 e. The average Bonchev–Trinajstić information content (AvgIpc) is 2.78. The van der Waals surface area contributed by atoms with Gasteiger partial charge in [0.25, 0.3) is 0 Å². The number of rotatable bonds is 4. The Morgan fingerprint density at radius 2 is 2.06 bits per heavy atom. The molecule has 3 nitrogen and oxygen atoms in total. The Morgan fingerprint density at radius 3 is 2.62 bits per heavy atom. The molecule has 1 aliphatic rings. The first-order valence-corrected chi connectivity index (χ1v) is 6.67. The van der Waals surface area contributed by atoms with Gasteiger partial charge in [0.05, 0.1) is 6.04 Å². The van der Waals surface area contributed by atoms with Gasteiger partial charge < -0.3 is 4.74 Å². The third-order valence-corrected chi connectivity index (χ3v) is 3.61. The highest BCUT2D eigenvalue weighted by atomic mass is 32.2. The van der Waals surface area contributed by atoms with E-state index in [0.717, 1.165) is 25.0 Å². The molecule has 0 bridgehead atoms. The molecule has 0 radical (unpaired) electrons. The lowest BCUT2D eigenvalue weighted by Gasteiger charge is -2.13. The summed E-state index contributed by atoms with van der Waals surface area (Å²) in [5, 5.41) is 3.07. The fraction of sp³-hybridized carbons (Fsp3) is 0.500. The van der Waals surface area contributed by atoms with Gasteiger partial charge in [0.15, 0.2) is 0 Å². The summed E-state index contributed by atoms with van der Waals surface area (Å²) >= 11 is 1.71. The molecule has 0 heterocycles. The first-order valence-electron chi connectivity index (χ1n) is 5.45. The van der Waals surface area contributed by atoms with E-state index < -0.39 is 0 Å². The van der Waals surface area contributed by atoms with Crippen LogP contribution < -0.4 is 4.74 Å². The van der Waals surface area contributed by atoms with Gasteiger partial charge in [0.2, 0.25) is 0 Å². The van der Waals surface area contributed by atoms with Crippen molar-refractivity contribution >= 4 is 11.8 Å². The first-order chi connectivity index (χ1) is 7.81. The van der Waals surface area contributed by atoms with Crippen molar-refractivity contribution in [1.29, 1.82) is 0 Å². The highest BCUT2D eigenvalue weighted by Gasteiger charge is 2.26. The molecule has 2 unspecified atom stereocenters. The quantitative estimate of drug-likeness (QED) is 0.594. The van der Waals surface area contributed by atoms with Gasteiger partial charge in [-0.15, -0.1) is 11.8 Å². The molecule has 1 aromatic carbocycles. The molecule has 16 heavy (non-hydrogen) atoms. The number of nitrogens with zero attached hydrogens (tertiary/aromatic N) is 1. The Kier molecular flexibility index (Phi) is 3.83. The van der Waals surface area contributed by atoms with Crippen molar-refractivity contribution in [2.45, 2.75) is 36.3 Å². The maximum absolute atomic E-state index is 10.4. The second kappa shape index (κ2) is 5.34. The van der Waals surface area contributed by atoms with Gasteiger partial charge in [-0.1, -0.05) is 5.18 Å². The Labute approximate surface area is 99.5 Å². The van der Waals surface area contributed by atoms with Crippen LogP contribution in [0.15, 0.2) is 34.3 Å². The van der Waals surface area contributed by atoms with Crippen molar-refractivity contribution in [2.24, 2.45) is 5.18 Å². The summed E-state index contributed by atoms with van der Waals surface area (Å²) in [4.78, 5) is 11.6. The molecule has 0 aromatic heterocycles. The van der Waals surface area contributed by atoms with Crippen LogP contribution in [0, 0.1) is 4.91 Å². The van der Waals surface area contributed by atoms with Crippen LogP contribution in [0.3, 0.4) is 0 Å². The molecule has 0 saturated heterocycles. The zero-order valence-corrected chi connectivity index (χ0v) is 10.1. The molecular weight excluding hydrogens is 222 g/mol. The normalized spacial score (nSPS) is 24.3. The van der Waals surface area contributed by atoms with Crippen LogP contribution in [0.25, 0.3) is 0 Å². The average molecular weight is 237 g/mol.